The van der Waals surface area contributed by atoms with Gasteiger partial charge in [-0.15, -0.1) is 0 Å². The van der Waals surface area contributed by atoms with Crippen molar-refractivity contribution in [3.8, 4) is 17.6 Å². The van der Waals surface area contributed by atoms with Gasteiger partial charge in [-0.1, -0.05) is 25.7 Å². The number of unbranched alkanes of at least 4 members (excludes halogenated alkanes) is 1. The van der Waals surface area contributed by atoms with E-state index in [1.165, 1.54) is 5.56 Å². The van der Waals surface area contributed by atoms with Crippen molar-refractivity contribution < 1.29 is 14.3 Å². The molecule has 1 aliphatic heterocycles. The summed E-state index contributed by atoms with van der Waals surface area (Å²) in [4.78, 5) is 20.3. The molecule has 0 fully saturated rings. The number of esters is 1. The zero-order chi connectivity index (χ0) is 23.0. The van der Waals surface area contributed by atoms with Crippen molar-refractivity contribution in [1.29, 1.82) is 0 Å². The van der Waals surface area contributed by atoms with Crippen LogP contribution in [0.2, 0.25) is 0 Å². The number of rotatable bonds is 8. The van der Waals surface area contributed by atoms with Gasteiger partial charge in [-0.25, -0.2) is 9.97 Å². The second kappa shape index (κ2) is 11.1. The summed E-state index contributed by atoms with van der Waals surface area (Å²) in [6.45, 7) is 9.64. The largest absolute Gasteiger partial charge is 0.493 e. The third kappa shape index (κ3) is 5.68. The summed E-state index contributed by atoms with van der Waals surface area (Å²) >= 11 is 0. The Morgan fingerprint density at radius 1 is 1.12 bits per heavy atom. The highest BCUT2D eigenvalue weighted by Crippen LogP contribution is 2.44. The van der Waals surface area contributed by atoms with Gasteiger partial charge in [0, 0.05) is 41.8 Å². The van der Waals surface area contributed by atoms with E-state index in [1.54, 1.807) is 12.4 Å². The number of hydrogen-bond donors (Lipinski definition) is 0. The summed E-state index contributed by atoms with van der Waals surface area (Å²) in [6, 6.07) is 4.36. The molecule has 0 atom stereocenters. The van der Waals surface area contributed by atoms with Crippen LogP contribution in [0, 0.1) is 18.8 Å². The Bertz CT molecular complexity index is 982. The highest BCUT2D eigenvalue weighted by molar-refractivity contribution is 5.69. The summed E-state index contributed by atoms with van der Waals surface area (Å²) < 4.78 is 10.9. The van der Waals surface area contributed by atoms with Crippen molar-refractivity contribution in [1.82, 2.24) is 9.97 Å². The standard InChI is InChI=1S/C27H34N2O3/c1-5-27(6-2)14-15-32-24-16-20(4)22(17-23(24)27)13-12-21-18-28-25(29-19-21)10-8-9-11-26(30)31-7-3/h16-19H,5-11,14-15H2,1-4H3. The fourth-order valence-corrected chi connectivity index (χ4v) is 4.30. The van der Waals surface area contributed by atoms with Gasteiger partial charge in [0.25, 0.3) is 0 Å². The number of carbonyl (C=O) groups excluding carboxylic acids is 1. The van der Waals surface area contributed by atoms with Crippen LogP contribution in [0.3, 0.4) is 0 Å². The van der Waals surface area contributed by atoms with E-state index in [0.29, 0.717) is 13.0 Å². The van der Waals surface area contributed by atoms with Crippen molar-refractivity contribution in [2.24, 2.45) is 0 Å². The van der Waals surface area contributed by atoms with E-state index in [1.807, 2.05) is 6.92 Å². The lowest BCUT2D eigenvalue weighted by molar-refractivity contribution is -0.143. The lowest BCUT2D eigenvalue weighted by atomic mass is 9.71. The summed E-state index contributed by atoms with van der Waals surface area (Å²) in [5, 5.41) is 0. The molecule has 32 heavy (non-hydrogen) atoms. The molecular weight excluding hydrogens is 400 g/mol. The third-order valence-electron chi connectivity index (χ3n) is 6.47. The molecular formula is C27H34N2O3. The Balaban J connectivity index is 1.67. The minimum Gasteiger partial charge on any atom is -0.493 e. The molecule has 5 nitrogen and oxygen atoms in total. The van der Waals surface area contributed by atoms with E-state index >= 15 is 0 Å². The van der Waals surface area contributed by atoms with Gasteiger partial charge in [-0.05, 0) is 63.6 Å². The van der Waals surface area contributed by atoms with E-state index in [0.717, 1.165) is 73.4 Å². The Kier molecular flexibility index (Phi) is 8.27. The maximum Gasteiger partial charge on any atom is 0.305 e. The molecule has 2 heterocycles. The maximum absolute atomic E-state index is 11.4. The molecule has 5 heteroatoms. The number of aryl methyl sites for hydroxylation is 2. The highest BCUT2D eigenvalue weighted by atomic mass is 16.5. The van der Waals surface area contributed by atoms with Crippen molar-refractivity contribution in [2.45, 2.75) is 78.1 Å². The number of ether oxygens (including phenoxy) is 2. The first kappa shape index (κ1) is 23.8. The first-order valence-electron chi connectivity index (χ1n) is 11.8. The Morgan fingerprint density at radius 2 is 1.88 bits per heavy atom. The number of benzene rings is 1. The number of carbonyl (C=O) groups is 1. The zero-order valence-corrected chi connectivity index (χ0v) is 19.8. The summed E-state index contributed by atoms with van der Waals surface area (Å²) in [5.74, 6) is 8.19. The summed E-state index contributed by atoms with van der Waals surface area (Å²) in [7, 11) is 0. The first-order valence-corrected chi connectivity index (χ1v) is 11.8. The van der Waals surface area contributed by atoms with Crippen LogP contribution >= 0.6 is 0 Å². The molecule has 0 aliphatic carbocycles. The van der Waals surface area contributed by atoms with E-state index in [2.05, 4.69) is 54.7 Å². The minimum absolute atomic E-state index is 0.141. The van der Waals surface area contributed by atoms with E-state index in [4.69, 9.17) is 9.47 Å². The van der Waals surface area contributed by atoms with Crippen LogP contribution in [-0.2, 0) is 21.4 Å². The van der Waals surface area contributed by atoms with Gasteiger partial charge in [0.05, 0.1) is 18.8 Å². The molecule has 3 rings (SSSR count). The van der Waals surface area contributed by atoms with Gasteiger partial charge >= 0.3 is 5.97 Å². The molecule has 0 saturated heterocycles. The van der Waals surface area contributed by atoms with Crippen LogP contribution in [0.25, 0.3) is 0 Å². The van der Waals surface area contributed by atoms with Gasteiger partial charge in [-0.2, -0.15) is 0 Å². The van der Waals surface area contributed by atoms with Crippen LogP contribution in [0.5, 0.6) is 5.75 Å². The Labute approximate surface area is 192 Å². The molecule has 0 radical (unpaired) electrons. The first-order chi connectivity index (χ1) is 15.5. The Morgan fingerprint density at radius 3 is 2.56 bits per heavy atom. The van der Waals surface area contributed by atoms with Crippen LogP contribution in [0.4, 0.5) is 0 Å². The second-order valence-corrected chi connectivity index (χ2v) is 8.40. The van der Waals surface area contributed by atoms with E-state index in [-0.39, 0.29) is 11.4 Å². The van der Waals surface area contributed by atoms with Crippen LogP contribution < -0.4 is 4.74 Å². The molecule has 0 spiro atoms. The van der Waals surface area contributed by atoms with E-state index in [9.17, 15) is 4.79 Å². The lowest BCUT2D eigenvalue weighted by Crippen LogP contribution is -2.32. The quantitative estimate of drug-likeness (QED) is 0.320. The lowest BCUT2D eigenvalue weighted by Gasteiger charge is -2.38. The molecule has 1 aromatic heterocycles. The fourth-order valence-electron chi connectivity index (χ4n) is 4.30. The smallest absolute Gasteiger partial charge is 0.305 e. The SMILES string of the molecule is CCOC(=O)CCCCc1ncc(C#Cc2cc3c(cc2C)OCCC3(CC)CC)cn1. The number of hydrogen-bond acceptors (Lipinski definition) is 5. The molecule has 0 unspecified atom stereocenters. The molecule has 0 amide bonds. The summed E-state index contributed by atoms with van der Waals surface area (Å²) in [5.41, 5.74) is 4.42. The minimum atomic E-state index is -0.141. The van der Waals surface area contributed by atoms with Crippen molar-refractivity contribution >= 4 is 5.97 Å². The molecule has 1 aliphatic rings. The van der Waals surface area contributed by atoms with Gasteiger partial charge in [0.1, 0.15) is 11.6 Å². The Hall–Kier alpha value is -2.87. The predicted molar refractivity (Wildman–Crippen MR) is 126 cm³/mol. The van der Waals surface area contributed by atoms with Crippen LogP contribution in [0.15, 0.2) is 24.5 Å². The average Bonchev–Trinajstić information content (AvgIpc) is 2.81. The predicted octanol–water partition coefficient (Wildman–Crippen LogP) is 5.30. The molecule has 0 bridgehead atoms. The normalized spacial score (nSPS) is 14.0. The molecule has 170 valence electrons. The fraction of sp³-hybridized carbons (Fsp3) is 0.519. The van der Waals surface area contributed by atoms with Crippen molar-refractivity contribution in [2.75, 3.05) is 13.2 Å². The zero-order valence-electron chi connectivity index (χ0n) is 19.8. The topological polar surface area (TPSA) is 61.3 Å². The highest BCUT2D eigenvalue weighted by Gasteiger charge is 2.35. The molecule has 0 saturated carbocycles. The van der Waals surface area contributed by atoms with Crippen molar-refractivity contribution in [3.05, 3.63) is 52.6 Å². The van der Waals surface area contributed by atoms with Gasteiger partial charge in [0.2, 0.25) is 0 Å². The van der Waals surface area contributed by atoms with Gasteiger partial charge < -0.3 is 9.47 Å². The van der Waals surface area contributed by atoms with Crippen LogP contribution in [0.1, 0.15) is 87.4 Å². The second-order valence-electron chi connectivity index (χ2n) is 8.40. The molecule has 2 aromatic rings. The van der Waals surface area contributed by atoms with Gasteiger partial charge in [-0.3, -0.25) is 4.79 Å². The van der Waals surface area contributed by atoms with Gasteiger partial charge in [0.15, 0.2) is 0 Å². The third-order valence-corrected chi connectivity index (χ3v) is 6.47. The average molecular weight is 435 g/mol. The maximum atomic E-state index is 11.4. The van der Waals surface area contributed by atoms with E-state index < -0.39 is 0 Å². The monoisotopic (exact) mass is 434 g/mol. The number of fused-ring (bicyclic) bond motifs is 1. The van der Waals surface area contributed by atoms with Crippen molar-refractivity contribution in [3.63, 3.8) is 0 Å². The molecule has 1 aromatic carbocycles. The summed E-state index contributed by atoms with van der Waals surface area (Å²) in [6.07, 6.45) is 9.64. The van der Waals surface area contributed by atoms with Crippen LogP contribution in [-0.4, -0.2) is 29.2 Å². The number of aromatic nitrogens is 2. The number of nitrogens with zero attached hydrogens (tertiary/aromatic N) is 2. The molecule has 0 N–H and O–H groups in total.